The zero-order valence-corrected chi connectivity index (χ0v) is 11.0. The Morgan fingerprint density at radius 1 is 1.28 bits per heavy atom. The molecule has 0 saturated heterocycles. The molecule has 0 aliphatic rings. The lowest BCUT2D eigenvalue weighted by atomic mass is 10.1. The maximum Gasteiger partial charge on any atom is 0.0144 e. The van der Waals surface area contributed by atoms with Crippen LogP contribution in [0.4, 0.5) is 0 Å². The summed E-state index contributed by atoms with van der Waals surface area (Å²) in [4.78, 5) is 0. The van der Waals surface area contributed by atoms with Crippen molar-refractivity contribution in [1.29, 1.82) is 0 Å². The Hall–Kier alpha value is -1.96. The van der Waals surface area contributed by atoms with Crippen LogP contribution in [0.1, 0.15) is 18.9 Å². The molecular formula is C16H22N2. The van der Waals surface area contributed by atoms with Crippen LogP contribution in [0, 0.1) is 0 Å². The fraction of sp³-hybridized carbons (Fsp3) is 0.250. The van der Waals surface area contributed by atoms with Crippen LogP contribution in [0.3, 0.4) is 0 Å². The summed E-state index contributed by atoms with van der Waals surface area (Å²) < 4.78 is 0. The van der Waals surface area contributed by atoms with E-state index in [4.69, 9.17) is 5.73 Å². The number of benzene rings is 1. The van der Waals surface area contributed by atoms with E-state index in [1.807, 2.05) is 31.4 Å². The van der Waals surface area contributed by atoms with Gasteiger partial charge in [0, 0.05) is 6.54 Å². The molecule has 0 fully saturated rings. The molecule has 0 amide bonds. The van der Waals surface area contributed by atoms with E-state index in [0.717, 1.165) is 25.0 Å². The average molecular weight is 242 g/mol. The number of hydrogen-bond acceptors (Lipinski definition) is 2. The summed E-state index contributed by atoms with van der Waals surface area (Å²) in [5, 5.41) is 3.27. The van der Waals surface area contributed by atoms with Gasteiger partial charge in [-0.1, -0.05) is 36.4 Å². The van der Waals surface area contributed by atoms with Crippen LogP contribution in [0.2, 0.25) is 0 Å². The predicted molar refractivity (Wildman–Crippen MR) is 79.0 cm³/mol. The van der Waals surface area contributed by atoms with Crippen LogP contribution in [0.25, 0.3) is 0 Å². The minimum Gasteiger partial charge on any atom is -0.405 e. The number of hydrogen-bond donors (Lipinski definition) is 2. The van der Waals surface area contributed by atoms with Crippen molar-refractivity contribution in [2.45, 2.75) is 19.8 Å². The molecule has 1 aromatic rings. The molecule has 0 unspecified atom stereocenters. The molecule has 0 radical (unpaired) electrons. The van der Waals surface area contributed by atoms with Crippen molar-refractivity contribution in [2.24, 2.45) is 5.73 Å². The standard InChI is InChI=1S/C16H22N2/c1-15(11-12-17)7-5-13-18-14-6-10-16-8-3-2-4-9-16/h2-5,7-9,11-13,18H,6,10,14,17H2,1H3/b12-11+,13-5+,15-7+. The molecule has 0 heterocycles. The second-order valence-corrected chi connectivity index (χ2v) is 4.17. The van der Waals surface area contributed by atoms with Crippen molar-refractivity contribution in [2.75, 3.05) is 6.54 Å². The van der Waals surface area contributed by atoms with Gasteiger partial charge in [0.1, 0.15) is 0 Å². The van der Waals surface area contributed by atoms with E-state index in [1.165, 1.54) is 5.56 Å². The van der Waals surface area contributed by atoms with E-state index < -0.39 is 0 Å². The lowest BCUT2D eigenvalue weighted by Gasteiger charge is -2.01. The Bertz CT molecular complexity index is 402. The highest BCUT2D eigenvalue weighted by Gasteiger charge is 1.89. The summed E-state index contributed by atoms with van der Waals surface area (Å²) in [6, 6.07) is 10.6. The largest absolute Gasteiger partial charge is 0.405 e. The normalized spacial score (nSPS) is 12.4. The topological polar surface area (TPSA) is 38.0 Å². The van der Waals surface area contributed by atoms with Gasteiger partial charge >= 0.3 is 0 Å². The molecule has 1 rings (SSSR count). The third-order valence-corrected chi connectivity index (χ3v) is 2.56. The van der Waals surface area contributed by atoms with E-state index in [1.54, 1.807) is 6.20 Å². The average Bonchev–Trinajstić information content (AvgIpc) is 2.39. The quantitative estimate of drug-likeness (QED) is 0.569. The second kappa shape index (κ2) is 9.11. The number of aryl methyl sites for hydroxylation is 1. The minimum atomic E-state index is 0.991. The highest BCUT2D eigenvalue weighted by molar-refractivity contribution is 5.20. The molecule has 3 N–H and O–H groups in total. The SMILES string of the molecule is CC(/C=C/N)=C\C=C\NCCCc1ccccc1. The lowest BCUT2D eigenvalue weighted by molar-refractivity contribution is 0.752. The summed E-state index contributed by atoms with van der Waals surface area (Å²) >= 11 is 0. The number of rotatable bonds is 7. The molecule has 0 aliphatic carbocycles. The number of allylic oxidation sites excluding steroid dienone is 4. The molecule has 0 spiro atoms. The third-order valence-electron chi connectivity index (χ3n) is 2.56. The first-order chi connectivity index (χ1) is 8.83. The summed E-state index contributed by atoms with van der Waals surface area (Å²) in [5.74, 6) is 0. The molecule has 0 saturated carbocycles. The molecule has 0 bridgehead atoms. The molecule has 2 heteroatoms. The van der Waals surface area contributed by atoms with Crippen LogP contribution in [-0.4, -0.2) is 6.54 Å². The van der Waals surface area contributed by atoms with Gasteiger partial charge in [-0.15, -0.1) is 0 Å². The van der Waals surface area contributed by atoms with Crippen molar-refractivity contribution >= 4 is 0 Å². The number of nitrogens with two attached hydrogens (primary N) is 1. The van der Waals surface area contributed by atoms with E-state index in [-0.39, 0.29) is 0 Å². The summed E-state index contributed by atoms with van der Waals surface area (Å²) in [6.45, 7) is 3.01. The van der Waals surface area contributed by atoms with Gasteiger partial charge in [0.25, 0.3) is 0 Å². The van der Waals surface area contributed by atoms with Crippen LogP contribution < -0.4 is 11.1 Å². The van der Waals surface area contributed by atoms with Gasteiger partial charge in [-0.05, 0) is 55.5 Å². The van der Waals surface area contributed by atoms with Gasteiger partial charge in [0.2, 0.25) is 0 Å². The van der Waals surface area contributed by atoms with E-state index >= 15 is 0 Å². The van der Waals surface area contributed by atoms with Crippen molar-refractivity contribution in [1.82, 2.24) is 5.32 Å². The van der Waals surface area contributed by atoms with E-state index in [9.17, 15) is 0 Å². The Kier molecular flexibility index (Phi) is 7.14. The maximum absolute atomic E-state index is 5.29. The number of nitrogens with one attached hydrogen (secondary N) is 1. The van der Waals surface area contributed by atoms with Crippen molar-refractivity contribution in [3.05, 3.63) is 72.1 Å². The molecular weight excluding hydrogens is 220 g/mol. The molecule has 96 valence electrons. The van der Waals surface area contributed by atoms with Crippen molar-refractivity contribution < 1.29 is 0 Å². The van der Waals surface area contributed by atoms with Crippen LogP contribution in [0.5, 0.6) is 0 Å². The van der Waals surface area contributed by atoms with Crippen LogP contribution in [-0.2, 0) is 6.42 Å². The van der Waals surface area contributed by atoms with Gasteiger partial charge in [-0.2, -0.15) is 0 Å². The second-order valence-electron chi connectivity index (χ2n) is 4.17. The third kappa shape index (κ3) is 6.59. The molecule has 18 heavy (non-hydrogen) atoms. The first-order valence-electron chi connectivity index (χ1n) is 6.32. The van der Waals surface area contributed by atoms with Crippen LogP contribution >= 0.6 is 0 Å². The lowest BCUT2D eigenvalue weighted by Crippen LogP contribution is -2.07. The summed E-state index contributed by atoms with van der Waals surface area (Å²) in [7, 11) is 0. The Labute approximate surface area is 110 Å². The van der Waals surface area contributed by atoms with Crippen LogP contribution in [0.15, 0.2) is 66.5 Å². The monoisotopic (exact) mass is 242 g/mol. The summed E-state index contributed by atoms with van der Waals surface area (Å²) in [6.07, 6.45) is 11.7. The molecule has 0 aromatic heterocycles. The first-order valence-corrected chi connectivity index (χ1v) is 6.32. The Morgan fingerprint density at radius 3 is 2.78 bits per heavy atom. The van der Waals surface area contributed by atoms with Gasteiger partial charge in [0.05, 0.1) is 0 Å². The van der Waals surface area contributed by atoms with Gasteiger partial charge in [-0.25, -0.2) is 0 Å². The highest BCUT2D eigenvalue weighted by Crippen LogP contribution is 2.01. The molecule has 0 aliphatic heterocycles. The minimum absolute atomic E-state index is 0.991. The zero-order chi connectivity index (χ0) is 13.1. The fourth-order valence-corrected chi connectivity index (χ4v) is 1.60. The maximum atomic E-state index is 5.29. The smallest absolute Gasteiger partial charge is 0.0144 e. The van der Waals surface area contributed by atoms with Gasteiger partial charge in [-0.3, -0.25) is 0 Å². The first kappa shape index (κ1) is 14.1. The molecule has 0 atom stereocenters. The zero-order valence-electron chi connectivity index (χ0n) is 11.0. The van der Waals surface area contributed by atoms with Crippen molar-refractivity contribution in [3.63, 3.8) is 0 Å². The van der Waals surface area contributed by atoms with Gasteiger partial charge < -0.3 is 11.1 Å². The Morgan fingerprint density at radius 2 is 2.06 bits per heavy atom. The summed E-state index contributed by atoms with van der Waals surface area (Å²) in [5.41, 5.74) is 7.83. The highest BCUT2D eigenvalue weighted by atomic mass is 14.8. The molecule has 1 aromatic carbocycles. The van der Waals surface area contributed by atoms with Gasteiger partial charge in [0.15, 0.2) is 0 Å². The van der Waals surface area contributed by atoms with E-state index in [2.05, 4.69) is 35.6 Å². The predicted octanol–water partition coefficient (Wildman–Crippen LogP) is 3.14. The fourth-order valence-electron chi connectivity index (χ4n) is 1.60. The van der Waals surface area contributed by atoms with E-state index in [0.29, 0.717) is 0 Å². The Balaban J connectivity index is 2.12. The molecule has 2 nitrogen and oxygen atoms in total. The van der Waals surface area contributed by atoms with Crippen molar-refractivity contribution in [3.8, 4) is 0 Å².